The van der Waals surface area contributed by atoms with Gasteiger partial charge in [0.05, 0.1) is 0 Å². The predicted octanol–water partition coefficient (Wildman–Crippen LogP) is 5.61. The summed E-state index contributed by atoms with van der Waals surface area (Å²) in [5.74, 6) is 0. The first kappa shape index (κ1) is 15.1. The summed E-state index contributed by atoms with van der Waals surface area (Å²) in [4.78, 5) is 0. The average Bonchev–Trinajstić information content (AvgIpc) is 2.52. The van der Waals surface area contributed by atoms with Gasteiger partial charge in [-0.25, -0.2) is 0 Å². The number of aryl methyl sites for hydroxylation is 1. The first-order valence-electron chi connectivity index (χ1n) is 7.38. The lowest BCUT2D eigenvalue weighted by molar-refractivity contribution is 0.649. The van der Waals surface area contributed by atoms with Crippen LogP contribution < -0.4 is 3.93 Å². The standard InChI is InChI=1S/C18H22BrN/c19-20(18-14-8-4-9-15-18)16-10-2-1-5-11-17-12-6-3-7-13-17/h3-4,6-9,12-15H,1-2,5,10-11,16H2. The average molecular weight is 332 g/mol. The fourth-order valence-corrected chi connectivity index (χ4v) is 2.78. The first-order chi connectivity index (χ1) is 9.86. The van der Waals surface area contributed by atoms with E-state index in [-0.39, 0.29) is 0 Å². The molecule has 20 heavy (non-hydrogen) atoms. The number of hydrogen-bond donors (Lipinski definition) is 0. The van der Waals surface area contributed by atoms with Crippen molar-refractivity contribution in [1.29, 1.82) is 0 Å². The molecular weight excluding hydrogens is 310 g/mol. The van der Waals surface area contributed by atoms with E-state index < -0.39 is 0 Å². The van der Waals surface area contributed by atoms with Gasteiger partial charge in [0.25, 0.3) is 0 Å². The summed E-state index contributed by atoms with van der Waals surface area (Å²) in [5.41, 5.74) is 2.69. The maximum Gasteiger partial charge on any atom is 0.0496 e. The summed E-state index contributed by atoms with van der Waals surface area (Å²) in [7, 11) is 0. The zero-order valence-corrected chi connectivity index (χ0v) is 13.4. The normalized spacial score (nSPS) is 10.4. The van der Waals surface area contributed by atoms with Gasteiger partial charge in [0.2, 0.25) is 0 Å². The lowest BCUT2D eigenvalue weighted by Gasteiger charge is -2.16. The van der Waals surface area contributed by atoms with E-state index in [4.69, 9.17) is 0 Å². The number of nitrogens with zero attached hydrogens (tertiary/aromatic N) is 1. The fourth-order valence-electron chi connectivity index (χ4n) is 2.30. The van der Waals surface area contributed by atoms with Crippen molar-refractivity contribution in [3.63, 3.8) is 0 Å². The third-order valence-electron chi connectivity index (χ3n) is 3.45. The summed E-state index contributed by atoms with van der Waals surface area (Å²) in [6.45, 7) is 1.06. The number of benzene rings is 2. The summed E-state index contributed by atoms with van der Waals surface area (Å²) in [5, 5.41) is 0. The molecule has 0 amide bonds. The number of hydrogen-bond acceptors (Lipinski definition) is 1. The Labute approximate surface area is 131 Å². The van der Waals surface area contributed by atoms with Crippen molar-refractivity contribution < 1.29 is 0 Å². The highest BCUT2D eigenvalue weighted by molar-refractivity contribution is 9.10. The maximum absolute atomic E-state index is 3.63. The molecule has 0 heterocycles. The van der Waals surface area contributed by atoms with Crippen LogP contribution in [0.1, 0.15) is 31.2 Å². The van der Waals surface area contributed by atoms with E-state index in [0.29, 0.717) is 0 Å². The van der Waals surface area contributed by atoms with Crippen LogP contribution in [0.2, 0.25) is 0 Å². The van der Waals surface area contributed by atoms with Gasteiger partial charge in [-0.05, 0) is 37.0 Å². The highest BCUT2D eigenvalue weighted by Crippen LogP contribution is 2.18. The Balaban J connectivity index is 1.56. The summed E-state index contributed by atoms with van der Waals surface area (Å²) in [6, 6.07) is 21.2. The molecule has 2 rings (SSSR count). The monoisotopic (exact) mass is 331 g/mol. The topological polar surface area (TPSA) is 3.24 Å². The van der Waals surface area contributed by atoms with Gasteiger partial charge in [-0.1, -0.05) is 61.4 Å². The summed E-state index contributed by atoms with van der Waals surface area (Å²) in [6.07, 6.45) is 6.33. The molecule has 0 aliphatic carbocycles. The van der Waals surface area contributed by atoms with Crippen LogP contribution >= 0.6 is 16.1 Å². The van der Waals surface area contributed by atoms with E-state index in [1.807, 2.05) is 6.07 Å². The third-order valence-corrected chi connectivity index (χ3v) is 4.21. The minimum absolute atomic E-state index is 1.06. The quantitative estimate of drug-likeness (QED) is 0.449. The van der Waals surface area contributed by atoms with Crippen LogP contribution in [0.15, 0.2) is 60.7 Å². The van der Waals surface area contributed by atoms with Crippen molar-refractivity contribution in [2.24, 2.45) is 0 Å². The number of halogens is 1. The molecular formula is C18H22BrN. The zero-order chi connectivity index (χ0) is 14.0. The van der Waals surface area contributed by atoms with Crippen LogP contribution in [0.4, 0.5) is 5.69 Å². The molecule has 106 valence electrons. The minimum Gasteiger partial charge on any atom is -0.309 e. The molecule has 0 spiro atoms. The van der Waals surface area contributed by atoms with Crippen LogP contribution in [0, 0.1) is 0 Å². The molecule has 0 bridgehead atoms. The summed E-state index contributed by atoms with van der Waals surface area (Å²) >= 11 is 3.63. The van der Waals surface area contributed by atoms with Crippen molar-refractivity contribution in [1.82, 2.24) is 0 Å². The van der Waals surface area contributed by atoms with Crippen LogP contribution in [0.5, 0.6) is 0 Å². The molecule has 1 nitrogen and oxygen atoms in total. The van der Waals surface area contributed by atoms with Crippen LogP contribution in [-0.4, -0.2) is 6.54 Å². The van der Waals surface area contributed by atoms with Crippen molar-refractivity contribution in [2.75, 3.05) is 10.5 Å². The molecule has 0 radical (unpaired) electrons. The molecule has 0 aliphatic heterocycles. The smallest absolute Gasteiger partial charge is 0.0496 e. The Bertz CT molecular complexity index is 469. The SMILES string of the molecule is BrN(CCCCCCc1ccccc1)c1ccccc1. The molecule has 0 saturated heterocycles. The number of unbranched alkanes of at least 4 members (excludes halogenated alkanes) is 3. The minimum atomic E-state index is 1.06. The van der Waals surface area contributed by atoms with Gasteiger partial charge >= 0.3 is 0 Å². The number of para-hydroxylation sites is 1. The maximum atomic E-state index is 3.63. The highest BCUT2D eigenvalue weighted by Gasteiger charge is 2.01. The van der Waals surface area contributed by atoms with E-state index in [1.54, 1.807) is 0 Å². The van der Waals surface area contributed by atoms with Crippen molar-refractivity contribution >= 4 is 21.8 Å². The van der Waals surface area contributed by atoms with E-state index >= 15 is 0 Å². The van der Waals surface area contributed by atoms with Crippen molar-refractivity contribution in [2.45, 2.75) is 32.1 Å². The van der Waals surface area contributed by atoms with E-state index in [9.17, 15) is 0 Å². The fraction of sp³-hybridized carbons (Fsp3) is 0.333. The van der Waals surface area contributed by atoms with Gasteiger partial charge in [-0.15, -0.1) is 0 Å². The van der Waals surface area contributed by atoms with E-state index in [2.05, 4.69) is 74.7 Å². The van der Waals surface area contributed by atoms with Gasteiger partial charge in [0.15, 0.2) is 0 Å². The van der Waals surface area contributed by atoms with Crippen LogP contribution in [0.3, 0.4) is 0 Å². The zero-order valence-electron chi connectivity index (χ0n) is 11.8. The second kappa shape index (κ2) is 8.80. The second-order valence-corrected chi connectivity index (χ2v) is 5.93. The largest absolute Gasteiger partial charge is 0.309 e. The van der Waals surface area contributed by atoms with Gasteiger partial charge < -0.3 is 3.93 Å². The second-order valence-electron chi connectivity index (χ2n) is 5.07. The van der Waals surface area contributed by atoms with Gasteiger partial charge in [0, 0.05) is 28.4 Å². The van der Waals surface area contributed by atoms with Gasteiger partial charge in [-0.3, -0.25) is 0 Å². The Morgan fingerprint density at radius 1 is 0.700 bits per heavy atom. The van der Waals surface area contributed by atoms with Crippen LogP contribution in [0.25, 0.3) is 0 Å². The van der Waals surface area contributed by atoms with Gasteiger partial charge in [-0.2, -0.15) is 0 Å². The molecule has 0 N–H and O–H groups in total. The van der Waals surface area contributed by atoms with Crippen molar-refractivity contribution in [3.8, 4) is 0 Å². The number of rotatable bonds is 8. The molecule has 0 atom stereocenters. The molecule has 2 aromatic rings. The molecule has 0 fully saturated rings. The van der Waals surface area contributed by atoms with E-state index in [1.165, 1.54) is 43.4 Å². The highest BCUT2D eigenvalue weighted by atomic mass is 79.9. The molecule has 0 aliphatic rings. The van der Waals surface area contributed by atoms with Gasteiger partial charge in [0.1, 0.15) is 0 Å². The predicted molar refractivity (Wildman–Crippen MR) is 91.3 cm³/mol. The van der Waals surface area contributed by atoms with E-state index in [0.717, 1.165) is 6.54 Å². The summed E-state index contributed by atoms with van der Waals surface area (Å²) < 4.78 is 2.16. The molecule has 0 saturated carbocycles. The Kier molecular flexibility index (Phi) is 6.65. The molecule has 0 aromatic heterocycles. The Morgan fingerprint density at radius 3 is 2.00 bits per heavy atom. The first-order valence-corrected chi connectivity index (χ1v) is 8.09. The molecule has 2 aromatic carbocycles. The molecule has 0 unspecified atom stereocenters. The Hall–Kier alpha value is -1.28. The third kappa shape index (κ3) is 5.38. The number of anilines is 1. The Morgan fingerprint density at radius 2 is 1.30 bits per heavy atom. The lowest BCUT2D eigenvalue weighted by Crippen LogP contribution is -2.10. The van der Waals surface area contributed by atoms with Crippen LogP contribution in [-0.2, 0) is 6.42 Å². The molecule has 2 heteroatoms. The lowest BCUT2D eigenvalue weighted by atomic mass is 10.1. The van der Waals surface area contributed by atoms with Crippen molar-refractivity contribution in [3.05, 3.63) is 66.2 Å².